The zero-order chi connectivity index (χ0) is 37.1. The highest BCUT2D eigenvalue weighted by atomic mass is 28.3. The normalized spacial score (nSPS) is 25.0. The first-order chi connectivity index (χ1) is 25.6. The molecule has 53 heavy (non-hydrogen) atoms. The van der Waals surface area contributed by atoms with Gasteiger partial charge in [0.05, 0.1) is 52.6 Å². The molecular formula is C43H47N3O6Si. The number of β-lactam (4-membered cyclic amide) rings is 1. The summed E-state index contributed by atoms with van der Waals surface area (Å²) in [5.74, 6) is 0.409. The minimum Gasteiger partial charge on any atom is -0.497 e. The average Bonchev–Trinajstić information content (AvgIpc) is 3.59. The number of carbonyl (C=O) groups excluding carboxylic acids is 3. The molecule has 0 unspecified atom stereocenters. The molecule has 4 heterocycles. The first kappa shape index (κ1) is 35.3. The lowest BCUT2D eigenvalue weighted by atomic mass is 9.82. The lowest BCUT2D eigenvalue weighted by Gasteiger charge is -2.39. The van der Waals surface area contributed by atoms with Gasteiger partial charge in [-0.3, -0.25) is 14.4 Å². The Hall–Kier alpha value is -4.77. The van der Waals surface area contributed by atoms with E-state index < -0.39 is 19.8 Å². The molecule has 1 N–H and O–H groups in total. The van der Waals surface area contributed by atoms with Gasteiger partial charge in [-0.25, -0.2) is 0 Å². The molecule has 2 saturated heterocycles. The number of aliphatic hydroxyl groups is 1. The molecule has 0 aromatic heterocycles. The molecule has 4 aliphatic rings. The molecule has 5 atom stereocenters. The maximum Gasteiger partial charge on any atom is 0.264 e. The molecule has 3 amide bonds. The van der Waals surface area contributed by atoms with Gasteiger partial charge >= 0.3 is 0 Å². The van der Waals surface area contributed by atoms with E-state index >= 15 is 4.79 Å². The maximum absolute atomic E-state index is 15.2. The zero-order valence-electron chi connectivity index (χ0n) is 30.8. The number of carbonyl (C=O) groups is 3. The van der Waals surface area contributed by atoms with E-state index in [2.05, 4.69) is 44.3 Å². The lowest BCUT2D eigenvalue weighted by Crippen LogP contribution is -2.52. The van der Waals surface area contributed by atoms with Crippen LogP contribution >= 0.6 is 0 Å². The molecule has 0 radical (unpaired) electrons. The van der Waals surface area contributed by atoms with Gasteiger partial charge in [-0.05, 0) is 59.0 Å². The number of methoxy groups -OCH3 is 1. The molecule has 10 heteroatoms. The molecule has 4 aromatic rings. The van der Waals surface area contributed by atoms with Crippen molar-refractivity contribution >= 4 is 42.4 Å². The van der Waals surface area contributed by atoms with Gasteiger partial charge < -0.3 is 29.3 Å². The van der Waals surface area contributed by atoms with Gasteiger partial charge in [0, 0.05) is 36.7 Å². The molecule has 4 aromatic carbocycles. The fourth-order valence-corrected chi connectivity index (χ4v) is 13.6. The molecule has 274 valence electrons. The number of ether oxygens (including phenoxy) is 2. The van der Waals surface area contributed by atoms with Gasteiger partial charge in [0.25, 0.3) is 5.91 Å². The maximum atomic E-state index is 15.2. The van der Waals surface area contributed by atoms with Crippen molar-refractivity contribution in [1.29, 1.82) is 0 Å². The number of benzene rings is 4. The Balaban J connectivity index is 1.17. The fourth-order valence-electron chi connectivity index (χ4n) is 9.55. The first-order valence-corrected chi connectivity index (χ1v) is 21.7. The van der Waals surface area contributed by atoms with Gasteiger partial charge in [0.15, 0.2) is 5.60 Å². The predicted octanol–water partition coefficient (Wildman–Crippen LogP) is 5.53. The van der Waals surface area contributed by atoms with Crippen molar-refractivity contribution in [1.82, 2.24) is 4.90 Å². The largest absolute Gasteiger partial charge is 0.497 e. The van der Waals surface area contributed by atoms with E-state index in [0.29, 0.717) is 32.5 Å². The molecule has 8 rings (SSSR count). The lowest BCUT2D eigenvalue weighted by molar-refractivity contribution is -0.151. The van der Waals surface area contributed by atoms with E-state index in [0.717, 1.165) is 39.4 Å². The average molecular weight is 730 g/mol. The second kappa shape index (κ2) is 13.6. The predicted molar refractivity (Wildman–Crippen MR) is 207 cm³/mol. The van der Waals surface area contributed by atoms with Crippen molar-refractivity contribution in [2.45, 2.75) is 75.7 Å². The molecule has 0 aliphatic carbocycles. The number of aliphatic hydroxyl groups excluding tert-OH is 1. The summed E-state index contributed by atoms with van der Waals surface area (Å²) in [5.41, 5.74) is 4.23. The van der Waals surface area contributed by atoms with Crippen molar-refractivity contribution < 1.29 is 29.0 Å². The second-order valence-corrected chi connectivity index (χ2v) is 20.3. The number of hydrogen-bond donors (Lipinski definition) is 1. The molecule has 9 nitrogen and oxygen atoms in total. The third kappa shape index (κ3) is 5.78. The van der Waals surface area contributed by atoms with Gasteiger partial charge in [0.1, 0.15) is 5.75 Å². The number of rotatable bonds is 9. The second-order valence-electron chi connectivity index (χ2n) is 15.6. The van der Waals surface area contributed by atoms with Crippen LogP contribution in [0.1, 0.15) is 42.0 Å². The van der Waals surface area contributed by atoms with Crippen molar-refractivity contribution in [3.8, 4) is 5.75 Å². The molecule has 4 aliphatic heterocycles. The van der Waals surface area contributed by atoms with Crippen LogP contribution in [0.25, 0.3) is 0 Å². The van der Waals surface area contributed by atoms with Crippen LogP contribution in [0.5, 0.6) is 5.75 Å². The van der Waals surface area contributed by atoms with Crippen LogP contribution in [0, 0.1) is 5.92 Å². The number of para-hydroxylation sites is 1. The Morgan fingerprint density at radius 2 is 1.70 bits per heavy atom. The standard InChI is InChI=1S/C43H47N3O6Si/c1-28-41(53(3,4)35-18-16-34(51-2)17-19-35)38(24-40(49)45-26-31-12-6-5-11-30(31)23-33(45)27-47)52-43(28)36-14-7-8-15-37(36)46(42(43)50)25-29-10-9-13-32(22-29)44-21-20-39(44)48/h5-19,22,28,33,38,41,47H,20-21,23-27H2,1-4H3/t28-,33+,38+,41-,43+/m1/s1. The Morgan fingerprint density at radius 1 is 0.962 bits per heavy atom. The minimum absolute atomic E-state index is 0.0784. The van der Waals surface area contributed by atoms with Crippen LogP contribution < -0.4 is 19.7 Å². The van der Waals surface area contributed by atoms with Crippen LogP contribution in [0.3, 0.4) is 0 Å². The minimum atomic E-state index is -2.48. The molecule has 0 bridgehead atoms. The summed E-state index contributed by atoms with van der Waals surface area (Å²) in [6.45, 7) is 8.08. The van der Waals surface area contributed by atoms with E-state index in [1.54, 1.807) is 12.0 Å². The van der Waals surface area contributed by atoms with Gasteiger partial charge in [-0.15, -0.1) is 0 Å². The number of amides is 3. The Morgan fingerprint density at radius 3 is 2.40 bits per heavy atom. The molecule has 2 fully saturated rings. The quantitative estimate of drug-likeness (QED) is 0.180. The Bertz CT molecular complexity index is 2070. The van der Waals surface area contributed by atoms with Gasteiger partial charge in [-0.1, -0.05) is 91.9 Å². The third-order valence-corrected chi connectivity index (χ3v) is 16.8. The van der Waals surface area contributed by atoms with Crippen molar-refractivity contribution in [3.05, 3.63) is 119 Å². The summed E-state index contributed by atoms with van der Waals surface area (Å²) in [5, 5.41) is 11.6. The Kier molecular flexibility index (Phi) is 9.03. The van der Waals surface area contributed by atoms with E-state index in [1.807, 2.05) is 82.6 Å². The van der Waals surface area contributed by atoms with E-state index in [4.69, 9.17) is 9.47 Å². The highest BCUT2D eigenvalue weighted by molar-refractivity contribution is 6.91. The number of hydrogen-bond acceptors (Lipinski definition) is 6. The van der Waals surface area contributed by atoms with Crippen molar-refractivity contribution in [2.75, 3.05) is 30.1 Å². The van der Waals surface area contributed by atoms with E-state index in [1.165, 1.54) is 5.19 Å². The van der Waals surface area contributed by atoms with Crippen molar-refractivity contribution in [3.63, 3.8) is 0 Å². The number of nitrogens with zero attached hydrogens (tertiary/aromatic N) is 3. The van der Waals surface area contributed by atoms with Crippen LogP contribution in [0.4, 0.5) is 11.4 Å². The van der Waals surface area contributed by atoms with Crippen LogP contribution in [-0.2, 0) is 44.2 Å². The summed E-state index contributed by atoms with van der Waals surface area (Å²) in [4.78, 5) is 47.4. The Labute approximate surface area is 312 Å². The fraction of sp³-hybridized carbons (Fsp3) is 0.372. The summed E-state index contributed by atoms with van der Waals surface area (Å²) in [7, 11) is -0.824. The van der Waals surface area contributed by atoms with Crippen LogP contribution in [0.15, 0.2) is 97.1 Å². The zero-order valence-corrected chi connectivity index (χ0v) is 31.8. The number of anilines is 2. The third-order valence-electron chi connectivity index (χ3n) is 12.4. The van der Waals surface area contributed by atoms with Gasteiger partial charge in [0.2, 0.25) is 11.8 Å². The summed E-state index contributed by atoms with van der Waals surface area (Å²) in [6, 6.07) is 31.7. The summed E-state index contributed by atoms with van der Waals surface area (Å²) in [6.07, 6.45) is 0.694. The van der Waals surface area contributed by atoms with Gasteiger partial charge in [-0.2, -0.15) is 0 Å². The number of fused-ring (bicyclic) bond motifs is 3. The van der Waals surface area contributed by atoms with E-state index in [9.17, 15) is 14.7 Å². The monoisotopic (exact) mass is 729 g/mol. The molecule has 0 saturated carbocycles. The molecular weight excluding hydrogens is 683 g/mol. The smallest absolute Gasteiger partial charge is 0.264 e. The van der Waals surface area contributed by atoms with Crippen LogP contribution in [-0.4, -0.2) is 68.2 Å². The van der Waals surface area contributed by atoms with Crippen molar-refractivity contribution in [2.24, 2.45) is 5.92 Å². The molecule has 1 spiro atoms. The highest BCUT2D eigenvalue weighted by Gasteiger charge is 2.66. The SMILES string of the molecule is COc1ccc([Si](C)(C)[C@H]2[C@H](CC(=O)N3Cc4ccccc4C[C@H]3CO)O[C@@]3(C(=O)N(Cc4cccc(N5CCC5=O)c4)c4ccccc43)[C@@H]2C)cc1. The summed E-state index contributed by atoms with van der Waals surface area (Å²) >= 11 is 0. The highest BCUT2D eigenvalue weighted by Crippen LogP contribution is 2.60. The topological polar surface area (TPSA) is 99.6 Å². The van der Waals surface area contributed by atoms with E-state index in [-0.39, 0.29) is 48.3 Å². The van der Waals surface area contributed by atoms with Crippen LogP contribution in [0.2, 0.25) is 18.6 Å². The first-order valence-electron chi connectivity index (χ1n) is 18.7. The summed E-state index contributed by atoms with van der Waals surface area (Å²) < 4.78 is 12.7.